The molecule has 1 saturated heterocycles. The quantitative estimate of drug-likeness (QED) is 0.619. The van der Waals surface area contributed by atoms with E-state index in [9.17, 15) is 14.9 Å². The minimum Gasteiger partial charge on any atom is -0.481 e. The first-order valence-corrected chi connectivity index (χ1v) is 6.03. The van der Waals surface area contributed by atoms with E-state index < -0.39 is 10.9 Å². The molecule has 1 aromatic rings. The zero-order valence-electron chi connectivity index (χ0n) is 10.9. The highest BCUT2D eigenvalue weighted by Gasteiger charge is 2.33. The van der Waals surface area contributed by atoms with Crippen LogP contribution >= 0.6 is 0 Å². The maximum atomic E-state index is 11.1. The number of rotatable bonds is 5. The molecule has 0 radical (unpaired) electrons. The van der Waals surface area contributed by atoms with E-state index in [-0.39, 0.29) is 29.7 Å². The third kappa shape index (κ3) is 2.76. The molecule has 0 spiro atoms. The molecule has 0 amide bonds. The van der Waals surface area contributed by atoms with Crippen LogP contribution in [0.15, 0.2) is 6.33 Å². The Labute approximate surface area is 114 Å². The van der Waals surface area contributed by atoms with Crippen molar-refractivity contribution in [3.8, 4) is 5.88 Å². The largest absolute Gasteiger partial charge is 0.481 e. The van der Waals surface area contributed by atoms with Crippen molar-refractivity contribution in [2.75, 3.05) is 25.1 Å². The van der Waals surface area contributed by atoms with Crippen LogP contribution in [-0.2, 0) is 4.79 Å². The van der Waals surface area contributed by atoms with Gasteiger partial charge in [0.15, 0.2) is 0 Å². The molecule has 108 valence electrons. The van der Waals surface area contributed by atoms with Gasteiger partial charge >= 0.3 is 11.7 Å². The van der Waals surface area contributed by atoms with E-state index in [0.717, 1.165) is 0 Å². The lowest BCUT2D eigenvalue weighted by molar-refractivity contribution is -0.385. The molecule has 0 aromatic carbocycles. The molecule has 20 heavy (non-hydrogen) atoms. The van der Waals surface area contributed by atoms with Crippen molar-refractivity contribution in [3.63, 3.8) is 0 Å². The highest BCUT2D eigenvalue weighted by molar-refractivity contribution is 5.68. The molecule has 2 heterocycles. The summed E-state index contributed by atoms with van der Waals surface area (Å²) in [6.07, 6.45) is 1.91. The summed E-state index contributed by atoms with van der Waals surface area (Å²) in [5.74, 6) is -0.823. The first-order valence-electron chi connectivity index (χ1n) is 6.03. The molecule has 1 N–H and O–H groups in total. The van der Waals surface area contributed by atoms with Crippen molar-refractivity contribution in [1.82, 2.24) is 9.97 Å². The average molecular weight is 282 g/mol. The van der Waals surface area contributed by atoms with E-state index in [1.807, 2.05) is 0 Å². The Morgan fingerprint density at radius 3 is 3.00 bits per heavy atom. The van der Waals surface area contributed by atoms with E-state index >= 15 is 0 Å². The molecule has 9 nitrogen and oxygen atoms in total. The van der Waals surface area contributed by atoms with Gasteiger partial charge in [0.25, 0.3) is 5.88 Å². The number of nitrogens with zero attached hydrogens (tertiary/aromatic N) is 4. The van der Waals surface area contributed by atoms with E-state index in [1.54, 1.807) is 4.90 Å². The van der Waals surface area contributed by atoms with Gasteiger partial charge in [0, 0.05) is 19.5 Å². The van der Waals surface area contributed by atoms with Crippen LogP contribution in [0.25, 0.3) is 0 Å². The summed E-state index contributed by atoms with van der Waals surface area (Å²) in [6, 6.07) is 0. The number of aromatic nitrogens is 2. The fraction of sp³-hybridized carbons (Fsp3) is 0.545. The van der Waals surface area contributed by atoms with Gasteiger partial charge < -0.3 is 14.7 Å². The Morgan fingerprint density at radius 1 is 1.65 bits per heavy atom. The number of ether oxygens (including phenoxy) is 1. The topological polar surface area (TPSA) is 119 Å². The third-order valence-corrected chi connectivity index (χ3v) is 3.19. The van der Waals surface area contributed by atoms with Crippen molar-refractivity contribution < 1.29 is 19.6 Å². The number of aliphatic carboxylic acids is 1. The molecular formula is C11H14N4O5. The number of hydrogen-bond acceptors (Lipinski definition) is 7. The predicted octanol–water partition coefficient (Wildman–Crippen LogP) is 0.694. The summed E-state index contributed by atoms with van der Waals surface area (Å²) in [5.41, 5.74) is -0.286. The first-order chi connectivity index (χ1) is 9.52. The van der Waals surface area contributed by atoms with Crippen LogP contribution in [0, 0.1) is 16.0 Å². The van der Waals surface area contributed by atoms with Gasteiger partial charge in [-0.05, 0) is 12.3 Å². The maximum absolute atomic E-state index is 11.1. The van der Waals surface area contributed by atoms with E-state index in [4.69, 9.17) is 9.84 Å². The van der Waals surface area contributed by atoms with Crippen LogP contribution in [0.5, 0.6) is 5.88 Å². The maximum Gasteiger partial charge on any atom is 0.372 e. The minimum atomic E-state index is -0.869. The second kappa shape index (κ2) is 5.68. The Hall–Kier alpha value is -2.45. The number of carboxylic acids is 1. The van der Waals surface area contributed by atoms with E-state index in [0.29, 0.717) is 19.5 Å². The molecule has 1 atom stereocenters. The number of nitro groups is 1. The zero-order valence-corrected chi connectivity index (χ0v) is 10.9. The molecule has 1 unspecified atom stereocenters. The normalized spacial score (nSPS) is 18.1. The highest BCUT2D eigenvalue weighted by atomic mass is 16.6. The molecule has 9 heteroatoms. The summed E-state index contributed by atoms with van der Waals surface area (Å²) in [6.45, 7) is 0.951. The number of carboxylic acid groups (broad SMARTS) is 1. The molecule has 1 aliphatic rings. The summed E-state index contributed by atoms with van der Waals surface area (Å²) < 4.78 is 4.88. The van der Waals surface area contributed by atoms with Crippen molar-refractivity contribution >= 4 is 17.5 Å². The Balaban J connectivity index is 2.25. The highest BCUT2D eigenvalue weighted by Crippen LogP contribution is 2.36. The second-order valence-corrected chi connectivity index (χ2v) is 4.51. The van der Waals surface area contributed by atoms with E-state index in [2.05, 4.69) is 9.97 Å². The summed E-state index contributed by atoms with van der Waals surface area (Å²) in [4.78, 5) is 30.6. The van der Waals surface area contributed by atoms with Crippen LogP contribution in [0.2, 0.25) is 0 Å². The monoisotopic (exact) mass is 282 g/mol. The van der Waals surface area contributed by atoms with Gasteiger partial charge in [-0.1, -0.05) is 0 Å². The van der Waals surface area contributed by atoms with Crippen LogP contribution < -0.4 is 9.64 Å². The average Bonchev–Trinajstić information content (AvgIpc) is 2.85. The number of anilines is 1. The molecule has 2 rings (SSSR count). The van der Waals surface area contributed by atoms with Gasteiger partial charge in [-0.2, -0.15) is 4.98 Å². The summed E-state index contributed by atoms with van der Waals surface area (Å²) in [5, 5.41) is 19.9. The Morgan fingerprint density at radius 2 is 2.40 bits per heavy atom. The fourth-order valence-electron chi connectivity index (χ4n) is 2.33. The van der Waals surface area contributed by atoms with Crippen molar-refractivity contribution in [1.29, 1.82) is 0 Å². The molecular weight excluding hydrogens is 268 g/mol. The first kappa shape index (κ1) is 14.0. The van der Waals surface area contributed by atoms with Crippen LogP contribution in [0.4, 0.5) is 11.5 Å². The summed E-state index contributed by atoms with van der Waals surface area (Å²) >= 11 is 0. The van der Waals surface area contributed by atoms with Crippen molar-refractivity contribution in [2.45, 2.75) is 12.8 Å². The second-order valence-electron chi connectivity index (χ2n) is 4.51. The van der Waals surface area contributed by atoms with Crippen molar-refractivity contribution in [3.05, 3.63) is 16.4 Å². The minimum absolute atomic E-state index is 0.0342. The van der Waals surface area contributed by atoms with Gasteiger partial charge in [0.05, 0.1) is 12.0 Å². The van der Waals surface area contributed by atoms with Gasteiger partial charge in [0.1, 0.15) is 6.33 Å². The van der Waals surface area contributed by atoms with Gasteiger partial charge in [0.2, 0.25) is 5.82 Å². The standard InChI is InChI=1S/C11H14N4O5/c1-20-11-9(15(18)19)10(12-6-13-11)14-3-2-7(5-14)4-8(16)17/h6-7H,2-5H2,1H3,(H,16,17). The van der Waals surface area contributed by atoms with Gasteiger partial charge in [-0.25, -0.2) is 4.98 Å². The van der Waals surface area contributed by atoms with Crippen molar-refractivity contribution in [2.24, 2.45) is 5.92 Å². The molecule has 1 aliphatic heterocycles. The molecule has 1 fully saturated rings. The third-order valence-electron chi connectivity index (χ3n) is 3.19. The van der Waals surface area contributed by atoms with Crippen LogP contribution in [0.3, 0.4) is 0 Å². The Kier molecular flexibility index (Phi) is 3.97. The number of carbonyl (C=O) groups is 1. The molecule has 1 aromatic heterocycles. The van der Waals surface area contributed by atoms with Crippen LogP contribution in [-0.4, -0.2) is 46.2 Å². The molecule has 0 bridgehead atoms. The van der Waals surface area contributed by atoms with Gasteiger partial charge in [-0.15, -0.1) is 0 Å². The van der Waals surface area contributed by atoms with E-state index in [1.165, 1.54) is 13.4 Å². The summed E-state index contributed by atoms with van der Waals surface area (Å²) in [7, 11) is 1.30. The smallest absolute Gasteiger partial charge is 0.372 e. The lowest BCUT2D eigenvalue weighted by Gasteiger charge is -2.17. The lowest BCUT2D eigenvalue weighted by Crippen LogP contribution is -2.23. The molecule has 0 aliphatic carbocycles. The fourth-order valence-corrected chi connectivity index (χ4v) is 2.33. The van der Waals surface area contributed by atoms with Crippen LogP contribution in [0.1, 0.15) is 12.8 Å². The molecule has 0 saturated carbocycles. The zero-order chi connectivity index (χ0) is 14.7. The predicted molar refractivity (Wildman–Crippen MR) is 67.8 cm³/mol. The SMILES string of the molecule is COc1ncnc(N2CCC(CC(=O)O)C2)c1[N+](=O)[O-]. The van der Waals surface area contributed by atoms with Gasteiger partial charge in [-0.3, -0.25) is 14.9 Å². The number of hydrogen-bond donors (Lipinski definition) is 1. The lowest BCUT2D eigenvalue weighted by atomic mass is 10.1. The number of methoxy groups -OCH3 is 1. The Bertz CT molecular complexity index is 536.